The molecule has 0 radical (unpaired) electrons. The fraction of sp³-hybridized carbons (Fsp3) is 0.556. The quantitative estimate of drug-likeness (QED) is 0.743. The predicted molar refractivity (Wildman–Crippen MR) is 64.9 cm³/mol. The first kappa shape index (κ1) is 12.1. The number of tetrazole rings is 1. The van der Waals surface area contributed by atoms with Crippen molar-refractivity contribution in [2.24, 2.45) is 0 Å². The summed E-state index contributed by atoms with van der Waals surface area (Å²) in [5.41, 5.74) is 5.65. The fourth-order valence-corrected chi connectivity index (χ4v) is 1.43. The lowest BCUT2D eigenvalue weighted by Crippen LogP contribution is -2.18. The highest BCUT2D eigenvalue weighted by molar-refractivity contribution is 5.32. The van der Waals surface area contributed by atoms with E-state index >= 15 is 0 Å². The van der Waals surface area contributed by atoms with E-state index in [1.807, 2.05) is 21.0 Å². The van der Waals surface area contributed by atoms with Crippen molar-refractivity contribution >= 4 is 11.9 Å². The van der Waals surface area contributed by atoms with Crippen molar-refractivity contribution < 1.29 is 0 Å². The first-order chi connectivity index (χ1) is 8.60. The van der Waals surface area contributed by atoms with Crippen LogP contribution >= 0.6 is 0 Å². The predicted octanol–water partition coefficient (Wildman–Crippen LogP) is -0.883. The third kappa shape index (κ3) is 2.50. The van der Waals surface area contributed by atoms with Gasteiger partial charge in [0, 0.05) is 20.5 Å². The Hall–Kier alpha value is -2.32. The molecule has 0 unspecified atom stereocenters. The maximum absolute atomic E-state index is 5.65. The molecule has 2 rings (SSSR count). The molecule has 0 amide bonds. The number of nitrogens with two attached hydrogens (primary N) is 1. The molecule has 0 spiro atoms. The Morgan fingerprint density at radius 3 is 2.67 bits per heavy atom. The van der Waals surface area contributed by atoms with Gasteiger partial charge in [0.15, 0.2) is 11.6 Å². The van der Waals surface area contributed by atoms with Crippen LogP contribution in [0, 0.1) is 0 Å². The number of aromatic nitrogens is 7. The van der Waals surface area contributed by atoms with E-state index in [4.69, 9.17) is 5.73 Å². The smallest absolute Gasteiger partial charge is 0.229 e. The van der Waals surface area contributed by atoms with Crippen molar-refractivity contribution in [3.05, 3.63) is 11.6 Å². The van der Waals surface area contributed by atoms with Gasteiger partial charge in [0.05, 0.1) is 0 Å². The van der Waals surface area contributed by atoms with Gasteiger partial charge in [-0.2, -0.15) is 15.0 Å². The van der Waals surface area contributed by atoms with E-state index in [-0.39, 0.29) is 5.95 Å². The molecule has 9 nitrogen and oxygen atoms in total. The van der Waals surface area contributed by atoms with Crippen LogP contribution < -0.4 is 10.6 Å². The summed E-state index contributed by atoms with van der Waals surface area (Å²) in [6.07, 6.45) is 0.744. The second-order valence-corrected chi connectivity index (χ2v) is 3.91. The second-order valence-electron chi connectivity index (χ2n) is 3.91. The summed E-state index contributed by atoms with van der Waals surface area (Å²) < 4.78 is 1.65. The number of hydrogen-bond acceptors (Lipinski definition) is 8. The van der Waals surface area contributed by atoms with Crippen LogP contribution in [0.1, 0.15) is 18.6 Å². The summed E-state index contributed by atoms with van der Waals surface area (Å²) in [5.74, 6) is 2.02. The van der Waals surface area contributed by atoms with E-state index in [1.165, 1.54) is 0 Å². The van der Waals surface area contributed by atoms with E-state index in [1.54, 1.807) is 9.58 Å². The Kier molecular flexibility index (Phi) is 3.31. The normalized spacial score (nSPS) is 10.6. The maximum atomic E-state index is 5.65. The molecule has 0 aliphatic carbocycles. The number of hydrogen-bond donors (Lipinski definition) is 1. The largest absolute Gasteiger partial charge is 0.368 e. The van der Waals surface area contributed by atoms with Crippen molar-refractivity contribution in [1.29, 1.82) is 0 Å². The van der Waals surface area contributed by atoms with Crippen LogP contribution in [0.4, 0.5) is 11.9 Å². The first-order valence-electron chi connectivity index (χ1n) is 5.53. The zero-order valence-electron chi connectivity index (χ0n) is 10.6. The zero-order valence-corrected chi connectivity index (χ0v) is 10.6. The number of aryl methyl sites for hydroxylation is 1. The number of nitrogen functional groups attached to an aromatic ring is 1. The van der Waals surface area contributed by atoms with Crippen molar-refractivity contribution in [1.82, 2.24) is 35.2 Å². The molecule has 2 aromatic heterocycles. The van der Waals surface area contributed by atoms with Crippen molar-refractivity contribution in [3.63, 3.8) is 0 Å². The maximum Gasteiger partial charge on any atom is 0.229 e. The molecule has 0 fully saturated rings. The molecule has 0 aromatic carbocycles. The lowest BCUT2D eigenvalue weighted by Gasteiger charge is -2.11. The van der Waals surface area contributed by atoms with Crippen LogP contribution in [0.15, 0.2) is 0 Å². The van der Waals surface area contributed by atoms with Crippen LogP contribution in [-0.2, 0) is 13.0 Å². The van der Waals surface area contributed by atoms with Crippen LogP contribution in [0.3, 0.4) is 0 Å². The highest BCUT2D eigenvalue weighted by Crippen LogP contribution is 2.07. The molecule has 18 heavy (non-hydrogen) atoms. The van der Waals surface area contributed by atoms with Crippen molar-refractivity contribution in [3.8, 4) is 0 Å². The fourth-order valence-electron chi connectivity index (χ4n) is 1.43. The van der Waals surface area contributed by atoms with Gasteiger partial charge in [0.1, 0.15) is 6.54 Å². The summed E-state index contributed by atoms with van der Waals surface area (Å²) in [6.45, 7) is 2.36. The minimum atomic E-state index is 0.190. The third-order valence-corrected chi connectivity index (χ3v) is 2.30. The lowest BCUT2D eigenvalue weighted by atomic mass is 10.4. The average molecular weight is 249 g/mol. The molecule has 2 N–H and O–H groups in total. The molecule has 0 atom stereocenters. The molecule has 0 saturated heterocycles. The standard InChI is InChI=1S/C9H15N9/c1-4-7-14-15-16-18(7)5-6-11-8(10)13-9(12-6)17(2)3/h4-5H2,1-3H3,(H2,10,11,12,13). The summed E-state index contributed by atoms with van der Waals surface area (Å²) >= 11 is 0. The molecule has 2 aromatic rings. The van der Waals surface area contributed by atoms with Gasteiger partial charge in [0.25, 0.3) is 0 Å². The second kappa shape index (κ2) is 4.90. The van der Waals surface area contributed by atoms with Gasteiger partial charge in [-0.05, 0) is 10.4 Å². The molecule has 0 aliphatic rings. The SMILES string of the molecule is CCc1nnnn1Cc1nc(N)nc(N(C)C)n1. The summed E-state index contributed by atoms with van der Waals surface area (Å²) in [4.78, 5) is 14.2. The highest BCUT2D eigenvalue weighted by Gasteiger charge is 2.10. The number of rotatable bonds is 4. The molecule has 0 aliphatic heterocycles. The van der Waals surface area contributed by atoms with Gasteiger partial charge in [-0.15, -0.1) is 5.10 Å². The molecule has 0 bridgehead atoms. The summed E-state index contributed by atoms with van der Waals surface area (Å²) in [5, 5.41) is 11.4. The highest BCUT2D eigenvalue weighted by atomic mass is 15.5. The Bertz CT molecular complexity index is 533. The Labute approximate surface area is 104 Å². The van der Waals surface area contributed by atoms with Gasteiger partial charge in [-0.3, -0.25) is 0 Å². The summed E-state index contributed by atoms with van der Waals surface area (Å²) in [6, 6.07) is 0. The zero-order chi connectivity index (χ0) is 13.1. The minimum absolute atomic E-state index is 0.190. The van der Waals surface area contributed by atoms with Gasteiger partial charge >= 0.3 is 0 Å². The molecule has 9 heteroatoms. The van der Waals surface area contributed by atoms with Crippen LogP contribution in [0.25, 0.3) is 0 Å². The minimum Gasteiger partial charge on any atom is -0.368 e. The van der Waals surface area contributed by atoms with Crippen LogP contribution in [-0.4, -0.2) is 49.3 Å². The molecule has 2 heterocycles. The first-order valence-corrected chi connectivity index (χ1v) is 5.53. The number of nitrogens with zero attached hydrogens (tertiary/aromatic N) is 8. The van der Waals surface area contributed by atoms with E-state index in [0.717, 1.165) is 12.2 Å². The van der Waals surface area contributed by atoms with E-state index in [9.17, 15) is 0 Å². The third-order valence-electron chi connectivity index (χ3n) is 2.30. The van der Waals surface area contributed by atoms with Gasteiger partial charge in [-0.25, -0.2) is 4.68 Å². The molecular weight excluding hydrogens is 234 g/mol. The Balaban J connectivity index is 2.29. The number of anilines is 2. The van der Waals surface area contributed by atoms with E-state index < -0.39 is 0 Å². The van der Waals surface area contributed by atoms with Gasteiger partial charge in [0.2, 0.25) is 11.9 Å². The van der Waals surface area contributed by atoms with Gasteiger partial charge < -0.3 is 10.6 Å². The Morgan fingerprint density at radius 1 is 1.22 bits per heavy atom. The summed E-state index contributed by atoms with van der Waals surface area (Å²) in [7, 11) is 3.68. The van der Waals surface area contributed by atoms with Crippen molar-refractivity contribution in [2.75, 3.05) is 24.7 Å². The van der Waals surface area contributed by atoms with Crippen LogP contribution in [0.2, 0.25) is 0 Å². The van der Waals surface area contributed by atoms with E-state index in [2.05, 4.69) is 30.5 Å². The average Bonchev–Trinajstić information content (AvgIpc) is 2.75. The van der Waals surface area contributed by atoms with Gasteiger partial charge in [-0.1, -0.05) is 6.92 Å². The lowest BCUT2D eigenvalue weighted by molar-refractivity contribution is 0.598. The molecule has 96 valence electrons. The molecular formula is C9H15N9. The van der Waals surface area contributed by atoms with Crippen molar-refractivity contribution in [2.45, 2.75) is 19.9 Å². The monoisotopic (exact) mass is 249 g/mol. The topological polar surface area (TPSA) is 112 Å². The molecule has 0 saturated carbocycles. The van der Waals surface area contributed by atoms with Crippen LogP contribution in [0.5, 0.6) is 0 Å². The Morgan fingerprint density at radius 2 is 2.00 bits per heavy atom. The van der Waals surface area contributed by atoms with E-state index in [0.29, 0.717) is 18.3 Å².